The third-order valence-electron chi connectivity index (χ3n) is 5.29. The fraction of sp³-hybridized carbons (Fsp3) is 0.250. The second-order valence-electron chi connectivity index (χ2n) is 6.72. The minimum atomic E-state index is -0.0926. The van der Waals surface area contributed by atoms with E-state index in [1.807, 2.05) is 19.1 Å². The summed E-state index contributed by atoms with van der Waals surface area (Å²) >= 11 is 0. The van der Waals surface area contributed by atoms with Crippen LogP contribution in [0.3, 0.4) is 0 Å². The first-order valence-corrected chi connectivity index (χ1v) is 8.96. The van der Waals surface area contributed by atoms with E-state index in [1.165, 1.54) is 11.1 Å². The average Bonchev–Trinajstić information content (AvgIpc) is 3.20. The summed E-state index contributed by atoms with van der Waals surface area (Å²) in [5, 5.41) is 4.52. The van der Waals surface area contributed by atoms with Crippen molar-refractivity contribution in [1.82, 2.24) is 19.5 Å². The van der Waals surface area contributed by atoms with Crippen molar-refractivity contribution in [2.45, 2.75) is 32.4 Å². The Bertz CT molecular complexity index is 1200. The molecule has 2 aromatic carbocycles. The molecule has 1 atom stereocenters. The fourth-order valence-corrected chi connectivity index (χ4v) is 4.01. The predicted octanol–water partition coefficient (Wildman–Crippen LogP) is 3.81. The zero-order valence-corrected chi connectivity index (χ0v) is 15.7. The molecule has 6 nitrogen and oxygen atoms in total. The Labute approximate surface area is 162 Å². The van der Waals surface area contributed by atoms with Crippen LogP contribution < -0.4 is 11.0 Å². The SMILES string of the molecule is CCn1c(=O)[nH]c2cc3c(NC4CCc5ccccc54)ncnc3cc21.Cl. The Morgan fingerprint density at radius 3 is 2.96 bits per heavy atom. The van der Waals surface area contributed by atoms with Gasteiger partial charge in [-0.1, -0.05) is 24.3 Å². The Kier molecular flexibility index (Phi) is 4.36. The second kappa shape index (κ2) is 6.70. The molecule has 0 bridgehead atoms. The highest BCUT2D eigenvalue weighted by molar-refractivity contribution is 5.98. The number of H-pyrrole nitrogens is 1. The molecule has 27 heavy (non-hydrogen) atoms. The number of aromatic nitrogens is 4. The lowest BCUT2D eigenvalue weighted by Gasteiger charge is -2.16. The largest absolute Gasteiger partial charge is 0.363 e. The molecule has 0 spiro atoms. The van der Waals surface area contributed by atoms with Crippen molar-refractivity contribution in [1.29, 1.82) is 0 Å². The van der Waals surface area contributed by atoms with Crippen LogP contribution >= 0.6 is 12.4 Å². The normalized spacial score (nSPS) is 15.7. The van der Waals surface area contributed by atoms with Crippen LogP contribution in [-0.4, -0.2) is 19.5 Å². The number of aromatic amines is 1. The first kappa shape index (κ1) is 17.5. The number of fused-ring (bicyclic) bond motifs is 3. The first-order chi connectivity index (χ1) is 12.7. The standard InChI is InChI=1S/C20H19N5O.ClH/c1-2-25-18-10-16-14(9-17(18)24-20(25)26)19(22-11-21-16)23-15-8-7-12-5-3-4-6-13(12)15;/h3-6,9-11,15H,2,7-8H2,1H3,(H,24,26)(H,21,22,23);1H. The van der Waals surface area contributed by atoms with E-state index in [-0.39, 0.29) is 24.1 Å². The van der Waals surface area contributed by atoms with Gasteiger partial charge in [-0.3, -0.25) is 4.57 Å². The van der Waals surface area contributed by atoms with E-state index in [1.54, 1.807) is 10.9 Å². The van der Waals surface area contributed by atoms with Crippen molar-refractivity contribution in [3.05, 3.63) is 64.3 Å². The molecule has 2 heterocycles. The topological polar surface area (TPSA) is 75.6 Å². The van der Waals surface area contributed by atoms with Gasteiger partial charge >= 0.3 is 5.69 Å². The van der Waals surface area contributed by atoms with Gasteiger partial charge in [0.1, 0.15) is 12.1 Å². The van der Waals surface area contributed by atoms with Crippen LogP contribution in [0.25, 0.3) is 21.9 Å². The zero-order chi connectivity index (χ0) is 17.7. The number of halogens is 1. The highest BCUT2D eigenvalue weighted by Gasteiger charge is 2.23. The average molecular weight is 382 g/mol. The van der Waals surface area contributed by atoms with Gasteiger partial charge in [-0.2, -0.15) is 0 Å². The summed E-state index contributed by atoms with van der Waals surface area (Å²) in [5.74, 6) is 0.809. The highest BCUT2D eigenvalue weighted by atomic mass is 35.5. The van der Waals surface area contributed by atoms with Gasteiger partial charge in [-0.05, 0) is 43.0 Å². The van der Waals surface area contributed by atoms with Crippen molar-refractivity contribution >= 4 is 40.2 Å². The maximum absolute atomic E-state index is 12.1. The minimum Gasteiger partial charge on any atom is -0.363 e. The Hall–Kier alpha value is -2.86. The third kappa shape index (κ3) is 2.77. The third-order valence-corrected chi connectivity index (χ3v) is 5.29. The van der Waals surface area contributed by atoms with Gasteiger partial charge < -0.3 is 10.3 Å². The summed E-state index contributed by atoms with van der Waals surface area (Å²) in [6.45, 7) is 2.59. The van der Waals surface area contributed by atoms with Crippen LogP contribution in [0.15, 0.2) is 47.5 Å². The van der Waals surface area contributed by atoms with Crippen LogP contribution in [0.1, 0.15) is 30.5 Å². The molecule has 0 amide bonds. The molecule has 0 saturated heterocycles. The molecule has 0 saturated carbocycles. The molecular formula is C20H20ClN5O. The number of nitrogens with one attached hydrogen (secondary N) is 2. The molecule has 138 valence electrons. The summed E-state index contributed by atoms with van der Waals surface area (Å²) in [7, 11) is 0. The van der Waals surface area contributed by atoms with E-state index < -0.39 is 0 Å². The van der Waals surface area contributed by atoms with E-state index in [9.17, 15) is 4.79 Å². The van der Waals surface area contributed by atoms with Crippen LogP contribution in [0.4, 0.5) is 5.82 Å². The quantitative estimate of drug-likeness (QED) is 0.565. The molecule has 7 heteroatoms. The lowest BCUT2D eigenvalue weighted by atomic mass is 10.1. The van der Waals surface area contributed by atoms with Crippen molar-refractivity contribution in [3.8, 4) is 0 Å². The molecule has 1 aliphatic carbocycles. The molecular weight excluding hydrogens is 362 g/mol. The van der Waals surface area contributed by atoms with Gasteiger partial charge in [-0.15, -0.1) is 12.4 Å². The summed E-state index contributed by atoms with van der Waals surface area (Å²) in [4.78, 5) is 23.9. The van der Waals surface area contributed by atoms with E-state index in [0.29, 0.717) is 6.54 Å². The second-order valence-corrected chi connectivity index (χ2v) is 6.72. The van der Waals surface area contributed by atoms with Crippen molar-refractivity contribution in [2.75, 3.05) is 5.32 Å². The number of imidazole rings is 1. The molecule has 4 aromatic rings. The van der Waals surface area contributed by atoms with E-state index in [2.05, 4.69) is 44.5 Å². The highest BCUT2D eigenvalue weighted by Crippen LogP contribution is 2.35. The van der Waals surface area contributed by atoms with Crippen molar-refractivity contribution in [3.63, 3.8) is 0 Å². The lowest BCUT2D eigenvalue weighted by molar-refractivity contribution is 0.753. The van der Waals surface area contributed by atoms with E-state index in [4.69, 9.17) is 0 Å². The van der Waals surface area contributed by atoms with Crippen LogP contribution in [0.2, 0.25) is 0 Å². The van der Waals surface area contributed by atoms with E-state index >= 15 is 0 Å². The Morgan fingerprint density at radius 2 is 2.11 bits per heavy atom. The Morgan fingerprint density at radius 1 is 1.26 bits per heavy atom. The molecule has 0 radical (unpaired) electrons. The number of anilines is 1. The fourth-order valence-electron chi connectivity index (χ4n) is 4.01. The van der Waals surface area contributed by atoms with Gasteiger partial charge in [0.05, 0.1) is 22.6 Å². The van der Waals surface area contributed by atoms with Crippen molar-refractivity contribution in [2.24, 2.45) is 0 Å². The summed E-state index contributed by atoms with van der Waals surface area (Å²) in [6.07, 6.45) is 3.71. The summed E-state index contributed by atoms with van der Waals surface area (Å²) < 4.78 is 1.72. The summed E-state index contributed by atoms with van der Waals surface area (Å²) in [5.41, 5.74) is 5.17. The lowest BCUT2D eigenvalue weighted by Crippen LogP contribution is -2.14. The molecule has 1 aliphatic rings. The van der Waals surface area contributed by atoms with Crippen molar-refractivity contribution < 1.29 is 0 Å². The summed E-state index contributed by atoms with van der Waals surface area (Å²) in [6, 6.07) is 12.7. The number of hydrogen-bond donors (Lipinski definition) is 2. The smallest absolute Gasteiger partial charge is 0.326 e. The molecule has 0 fully saturated rings. The molecule has 1 unspecified atom stereocenters. The molecule has 0 aliphatic heterocycles. The van der Waals surface area contributed by atoms with Gasteiger partial charge in [0.15, 0.2) is 0 Å². The number of benzene rings is 2. The monoisotopic (exact) mass is 381 g/mol. The van der Waals surface area contributed by atoms with Crippen LogP contribution in [-0.2, 0) is 13.0 Å². The zero-order valence-electron chi connectivity index (χ0n) is 14.9. The number of hydrogen-bond acceptors (Lipinski definition) is 4. The molecule has 2 N–H and O–H groups in total. The van der Waals surface area contributed by atoms with Gasteiger partial charge in [0.2, 0.25) is 0 Å². The molecule has 2 aromatic heterocycles. The van der Waals surface area contributed by atoms with Crippen LogP contribution in [0.5, 0.6) is 0 Å². The molecule has 5 rings (SSSR count). The van der Waals surface area contributed by atoms with Gasteiger partial charge in [0.25, 0.3) is 0 Å². The van der Waals surface area contributed by atoms with E-state index in [0.717, 1.165) is 40.6 Å². The maximum Gasteiger partial charge on any atom is 0.326 e. The maximum atomic E-state index is 12.1. The first-order valence-electron chi connectivity index (χ1n) is 8.96. The van der Waals surface area contributed by atoms with Gasteiger partial charge in [0, 0.05) is 11.9 Å². The number of nitrogens with zero attached hydrogens (tertiary/aromatic N) is 3. The van der Waals surface area contributed by atoms with Crippen LogP contribution in [0, 0.1) is 0 Å². The predicted molar refractivity (Wildman–Crippen MR) is 110 cm³/mol. The number of aryl methyl sites for hydroxylation is 2. The Balaban J connectivity index is 0.00000180. The minimum absolute atomic E-state index is 0. The number of rotatable bonds is 3. The van der Waals surface area contributed by atoms with Gasteiger partial charge in [-0.25, -0.2) is 14.8 Å².